The number of nitrogens with one attached hydrogen (secondary N) is 2. The molecule has 0 aliphatic carbocycles. The summed E-state index contributed by atoms with van der Waals surface area (Å²) < 4.78 is 4.43. The van der Waals surface area contributed by atoms with Crippen molar-refractivity contribution in [3.63, 3.8) is 0 Å². The number of likely N-dealkylation sites (tertiary alicyclic amines) is 2. The Hall–Kier alpha value is -5.30. The first-order valence-corrected chi connectivity index (χ1v) is 26.0. The highest BCUT2D eigenvalue weighted by molar-refractivity contribution is 5.95. The molecule has 2 aliphatic rings. The Balaban J connectivity index is 1.27. The Morgan fingerprint density at radius 1 is 0.671 bits per heavy atom. The van der Waals surface area contributed by atoms with E-state index in [1.54, 1.807) is 7.05 Å². The molecule has 2 aromatic heterocycles. The van der Waals surface area contributed by atoms with Gasteiger partial charge in [-0.05, 0) is 104 Å². The van der Waals surface area contributed by atoms with Crippen molar-refractivity contribution in [1.29, 1.82) is 0 Å². The van der Waals surface area contributed by atoms with E-state index in [2.05, 4.69) is 95.1 Å². The highest BCUT2D eigenvalue weighted by atomic mass is 16.3. The second-order valence-corrected chi connectivity index (χ2v) is 22.3. The SMILES string of the molecule is CC[C@@H](C)C(=O)N[C@H](C(=O)N1CCC[C@H]1Cc1c(-c2ccc(-c3c(C[C@@H]4CCCN4C(=O)C(CC(=O)[C@H](C)NC)C(C)(C)C)c4ccccc4n3CCO)cc2)n(CCO)c2ccccc12)C(C)(C)C. The van der Waals surface area contributed by atoms with E-state index in [1.807, 2.05) is 69.5 Å². The summed E-state index contributed by atoms with van der Waals surface area (Å²) in [6.45, 7) is 19.9. The highest BCUT2D eigenvalue weighted by Crippen LogP contribution is 2.42. The highest BCUT2D eigenvalue weighted by Gasteiger charge is 2.42. The molecule has 4 N–H and O–H groups in total. The number of aliphatic hydroxyl groups is 2. The third-order valence-corrected chi connectivity index (χ3v) is 15.6. The molecule has 12 nitrogen and oxygen atoms in total. The lowest BCUT2D eigenvalue weighted by Gasteiger charge is -2.36. The molecular formula is C58H80N6O6. The van der Waals surface area contributed by atoms with Crippen LogP contribution in [0.2, 0.25) is 0 Å². The van der Waals surface area contributed by atoms with Gasteiger partial charge in [-0.2, -0.15) is 0 Å². The van der Waals surface area contributed by atoms with Crippen LogP contribution in [0.25, 0.3) is 44.3 Å². The fourth-order valence-corrected chi connectivity index (χ4v) is 11.2. The first-order valence-electron chi connectivity index (χ1n) is 26.0. The molecule has 2 aliphatic heterocycles. The number of nitrogens with zero attached hydrogens (tertiary/aromatic N) is 4. The number of hydrogen-bond acceptors (Lipinski definition) is 7. The number of aliphatic hydroxyl groups excluding tert-OH is 2. The standard InChI is InChI=1S/C58H80N6O6/c1-11-37(2)54(68)60-53(58(7,8)9)56(70)62-29-17-19-42(62)35-46-44-21-13-15-23-49(44)64(31-33-66)52(46)40-26-24-39(25-27-40)51-45(43-20-12-14-22-48(43)63(51)30-32-65)34-41-18-16-28-61(41)55(69)47(57(4,5)6)36-50(67)38(3)59-10/h12-15,20-27,37-38,41-42,47,53,59,65-66H,11,16-19,28-36H2,1-10H3,(H,60,68)/t37-,38+,41+,42+,47?,53-/m1/s1. The Bertz CT molecular complexity index is 2470. The van der Waals surface area contributed by atoms with Crippen molar-refractivity contribution in [1.82, 2.24) is 29.6 Å². The van der Waals surface area contributed by atoms with Crippen LogP contribution in [-0.2, 0) is 45.1 Å². The number of carbonyl (C=O) groups excluding carboxylic acids is 4. The molecule has 0 bridgehead atoms. The summed E-state index contributed by atoms with van der Waals surface area (Å²) >= 11 is 0. The van der Waals surface area contributed by atoms with E-state index in [-0.39, 0.29) is 67.2 Å². The number of aromatic nitrogens is 2. The van der Waals surface area contributed by atoms with Crippen LogP contribution >= 0.6 is 0 Å². The number of rotatable bonds is 19. The number of carbonyl (C=O) groups is 4. The van der Waals surface area contributed by atoms with E-state index in [4.69, 9.17) is 0 Å². The van der Waals surface area contributed by atoms with Gasteiger partial charge < -0.3 is 39.8 Å². The zero-order chi connectivity index (χ0) is 50.7. The molecule has 378 valence electrons. The van der Waals surface area contributed by atoms with Crippen LogP contribution in [0.3, 0.4) is 0 Å². The van der Waals surface area contributed by atoms with Gasteiger partial charge >= 0.3 is 0 Å². The zero-order valence-corrected chi connectivity index (χ0v) is 43.6. The maximum Gasteiger partial charge on any atom is 0.245 e. The molecule has 2 fully saturated rings. The topological polar surface area (TPSA) is 149 Å². The average Bonchev–Trinajstić information content (AvgIpc) is 4.14. The average molecular weight is 957 g/mol. The van der Waals surface area contributed by atoms with E-state index in [0.29, 0.717) is 45.4 Å². The van der Waals surface area contributed by atoms with E-state index >= 15 is 0 Å². The van der Waals surface area contributed by atoms with Gasteiger partial charge in [-0.25, -0.2) is 0 Å². The van der Waals surface area contributed by atoms with Crippen molar-refractivity contribution >= 4 is 45.3 Å². The first-order chi connectivity index (χ1) is 33.3. The van der Waals surface area contributed by atoms with Crippen LogP contribution in [0.5, 0.6) is 0 Å². The molecule has 12 heteroatoms. The number of benzene rings is 3. The summed E-state index contributed by atoms with van der Waals surface area (Å²) in [5, 5.41) is 29.4. The van der Waals surface area contributed by atoms with Crippen molar-refractivity contribution in [3.05, 3.63) is 83.9 Å². The predicted octanol–water partition coefficient (Wildman–Crippen LogP) is 8.79. The summed E-state index contributed by atoms with van der Waals surface area (Å²) in [5.74, 6) is -0.711. The lowest BCUT2D eigenvalue weighted by atomic mass is 9.76. The van der Waals surface area contributed by atoms with Gasteiger partial charge in [0, 0.05) is 78.3 Å². The minimum atomic E-state index is -0.663. The van der Waals surface area contributed by atoms with Crippen LogP contribution in [0.4, 0.5) is 0 Å². The largest absolute Gasteiger partial charge is 0.395 e. The number of Topliss-reactive ketones (excluding diaryl/α,β-unsaturated/α-hetero) is 1. The van der Waals surface area contributed by atoms with Gasteiger partial charge in [0.15, 0.2) is 0 Å². The van der Waals surface area contributed by atoms with Crippen LogP contribution < -0.4 is 10.6 Å². The number of fused-ring (bicyclic) bond motifs is 2. The minimum Gasteiger partial charge on any atom is -0.395 e. The summed E-state index contributed by atoms with van der Waals surface area (Å²) in [7, 11) is 1.78. The van der Waals surface area contributed by atoms with E-state index in [1.165, 1.54) is 0 Å². The van der Waals surface area contributed by atoms with Crippen molar-refractivity contribution in [2.45, 2.75) is 151 Å². The van der Waals surface area contributed by atoms with Gasteiger partial charge in [-0.3, -0.25) is 19.2 Å². The van der Waals surface area contributed by atoms with E-state index in [0.717, 1.165) is 81.1 Å². The summed E-state index contributed by atoms with van der Waals surface area (Å²) in [6.07, 6.45) is 5.57. The molecule has 5 aromatic rings. The lowest BCUT2D eigenvalue weighted by Crippen LogP contribution is -2.56. The van der Waals surface area contributed by atoms with Crippen molar-refractivity contribution in [2.75, 3.05) is 33.4 Å². The monoisotopic (exact) mass is 957 g/mol. The summed E-state index contributed by atoms with van der Waals surface area (Å²) in [4.78, 5) is 59.9. The fraction of sp³-hybridized carbons (Fsp3) is 0.552. The summed E-state index contributed by atoms with van der Waals surface area (Å²) in [6, 6.07) is 24.1. The van der Waals surface area contributed by atoms with Gasteiger partial charge in [-0.1, -0.05) is 116 Å². The van der Waals surface area contributed by atoms with Crippen molar-refractivity contribution in [2.24, 2.45) is 22.7 Å². The van der Waals surface area contributed by atoms with Gasteiger partial charge in [0.1, 0.15) is 11.8 Å². The first kappa shape index (κ1) is 52.5. The molecular weight excluding hydrogens is 877 g/mol. The van der Waals surface area contributed by atoms with E-state index < -0.39 is 22.8 Å². The predicted molar refractivity (Wildman–Crippen MR) is 281 cm³/mol. The van der Waals surface area contributed by atoms with Crippen LogP contribution in [-0.4, -0.2) is 110 Å². The number of likely N-dealkylation sites (N-methyl/N-ethyl adjacent to an activating group) is 1. The molecule has 4 heterocycles. The molecule has 0 spiro atoms. The number of para-hydroxylation sites is 2. The normalized spacial score (nSPS) is 18.4. The maximum atomic E-state index is 14.7. The maximum absolute atomic E-state index is 14.7. The van der Waals surface area contributed by atoms with Crippen LogP contribution in [0.1, 0.15) is 112 Å². The van der Waals surface area contributed by atoms with Crippen LogP contribution in [0.15, 0.2) is 72.8 Å². The van der Waals surface area contributed by atoms with E-state index in [9.17, 15) is 29.4 Å². The van der Waals surface area contributed by atoms with Crippen molar-refractivity contribution in [3.8, 4) is 22.5 Å². The molecule has 0 saturated carbocycles. The third-order valence-electron chi connectivity index (χ3n) is 15.6. The molecule has 70 heavy (non-hydrogen) atoms. The minimum absolute atomic E-state index is 0.0391. The smallest absolute Gasteiger partial charge is 0.245 e. The van der Waals surface area contributed by atoms with Gasteiger partial charge in [0.05, 0.1) is 30.6 Å². The summed E-state index contributed by atoms with van der Waals surface area (Å²) in [5.41, 5.74) is 7.39. The lowest BCUT2D eigenvalue weighted by molar-refractivity contribution is -0.143. The quantitative estimate of drug-likeness (QED) is 0.0647. The van der Waals surface area contributed by atoms with Gasteiger partial charge in [-0.15, -0.1) is 0 Å². The Morgan fingerprint density at radius 2 is 1.13 bits per heavy atom. The van der Waals surface area contributed by atoms with Crippen molar-refractivity contribution < 1.29 is 29.4 Å². The zero-order valence-electron chi connectivity index (χ0n) is 43.6. The Kier molecular flexibility index (Phi) is 16.5. The van der Waals surface area contributed by atoms with Gasteiger partial charge in [0.2, 0.25) is 17.7 Å². The number of hydrogen-bond donors (Lipinski definition) is 4. The fourth-order valence-electron chi connectivity index (χ4n) is 11.2. The second kappa shape index (κ2) is 22.0. The molecule has 2 saturated heterocycles. The second-order valence-electron chi connectivity index (χ2n) is 22.3. The molecule has 0 radical (unpaired) electrons. The molecule has 3 aromatic carbocycles. The third kappa shape index (κ3) is 10.8. The van der Waals surface area contributed by atoms with Crippen LogP contribution in [0, 0.1) is 22.7 Å². The number of ketones is 1. The Labute approximate surface area is 416 Å². The molecule has 3 amide bonds. The molecule has 7 rings (SSSR count). The Morgan fingerprint density at radius 3 is 1.54 bits per heavy atom. The molecule has 1 unspecified atom stereocenters. The van der Waals surface area contributed by atoms with Gasteiger partial charge in [0.25, 0.3) is 0 Å². The number of amides is 3. The molecule has 6 atom stereocenters.